The summed E-state index contributed by atoms with van der Waals surface area (Å²) in [6.07, 6.45) is 5.01. The lowest BCUT2D eigenvalue weighted by molar-refractivity contribution is 0.0850. The van der Waals surface area contributed by atoms with Gasteiger partial charge in [0.2, 0.25) is 0 Å². The Morgan fingerprint density at radius 1 is 1.31 bits per heavy atom. The second kappa shape index (κ2) is 4.69. The van der Waals surface area contributed by atoms with Gasteiger partial charge < -0.3 is 5.32 Å². The summed E-state index contributed by atoms with van der Waals surface area (Å²) < 4.78 is 0. The van der Waals surface area contributed by atoms with Crippen molar-refractivity contribution < 1.29 is 4.79 Å². The topological polar surface area (TPSA) is 29.1 Å². The van der Waals surface area contributed by atoms with E-state index in [1.807, 2.05) is 30.3 Å². The van der Waals surface area contributed by atoms with E-state index >= 15 is 0 Å². The molecular formula is C14H19NO. The van der Waals surface area contributed by atoms with E-state index in [2.05, 4.69) is 12.2 Å². The Hall–Kier alpha value is -1.31. The molecule has 0 spiro atoms. The summed E-state index contributed by atoms with van der Waals surface area (Å²) in [6.45, 7) is 3.05. The molecule has 1 saturated carbocycles. The molecule has 0 unspecified atom stereocenters. The zero-order valence-electron chi connectivity index (χ0n) is 9.83. The van der Waals surface area contributed by atoms with Crippen LogP contribution in [0.3, 0.4) is 0 Å². The van der Waals surface area contributed by atoms with Crippen molar-refractivity contribution in [3.63, 3.8) is 0 Å². The maximum Gasteiger partial charge on any atom is 0.251 e. The first-order chi connectivity index (χ1) is 7.76. The maximum atomic E-state index is 11.8. The minimum atomic E-state index is 0.0559. The summed E-state index contributed by atoms with van der Waals surface area (Å²) in [5.41, 5.74) is 1.15. The van der Waals surface area contributed by atoms with E-state index in [1.54, 1.807) is 0 Å². The standard InChI is InChI=1S/C14H19NO/c1-2-14(9-6-10-14)11-15-13(16)12-7-4-3-5-8-12/h3-5,7-8H,2,6,9-11H2,1H3,(H,15,16). The second-order valence-electron chi connectivity index (χ2n) is 4.76. The molecule has 1 aliphatic carbocycles. The lowest BCUT2D eigenvalue weighted by Gasteiger charge is -2.41. The summed E-state index contributed by atoms with van der Waals surface area (Å²) in [5, 5.41) is 3.05. The highest BCUT2D eigenvalue weighted by Gasteiger charge is 2.35. The molecule has 0 atom stereocenters. The highest BCUT2D eigenvalue weighted by atomic mass is 16.1. The summed E-state index contributed by atoms with van der Waals surface area (Å²) in [5.74, 6) is 0.0559. The first-order valence-corrected chi connectivity index (χ1v) is 6.09. The first kappa shape index (κ1) is 11.2. The smallest absolute Gasteiger partial charge is 0.251 e. The predicted octanol–water partition coefficient (Wildman–Crippen LogP) is 3.00. The van der Waals surface area contributed by atoms with Crippen molar-refractivity contribution in [3.05, 3.63) is 35.9 Å². The molecule has 1 fully saturated rings. The number of rotatable bonds is 4. The molecule has 0 aliphatic heterocycles. The SMILES string of the molecule is CCC1(CNC(=O)c2ccccc2)CCC1. The largest absolute Gasteiger partial charge is 0.351 e. The van der Waals surface area contributed by atoms with E-state index in [-0.39, 0.29) is 5.91 Å². The second-order valence-corrected chi connectivity index (χ2v) is 4.76. The Balaban J connectivity index is 1.89. The van der Waals surface area contributed by atoms with Crippen LogP contribution >= 0.6 is 0 Å². The minimum Gasteiger partial charge on any atom is -0.351 e. The molecule has 2 heteroatoms. The van der Waals surface area contributed by atoms with Gasteiger partial charge in [-0.3, -0.25) is 4.79 Å². The van der Waals surface area contributed by atoms with Gasteiger partial charge in [-0.2, -0.15) is 0 Å². The molecule has 1 aromatic carbocycles. The fourth-order valence-corrected chi connectivity index (χ4v) is 2.29. The van der Waals surface area contributed by atoms with Crippen LogP contribution in [0.25, 0.3) is 0 Å². The van der Waals surface area contributed by atoms with E-state index in [0.29, 0.717) is 5.41 Å². The molecule has 1 aromatic rings. The molecule has 0 saturated heterocycles. The van der Waals surface area contributed by atoms with Gasteiger partial charge in [-0.15, -0.1) is 0 Å². The van der Waals surface area contributed by atoms with Crippen LogP contribution in [0.15, 0.2) is 30.3 Å². The molecule has 2 nitrogen and oxygen atoms in total. The number of carbonyl (C=O) groups is 1. The quantitative estimate of drug-likeness (QED) is 0.825. The zero-order valence-corrected chi connectivity index (χ0v) is 9.83. The Kier molecular flexibility index (Phi) is 3.28. The third-order valence-corrected chi connectivity index (χ3v) is 3.82. The van der Waals surface area contributed by atoms with Crippen LogP contribution in [0.4, 0.5) is 0 Å². The van der Waals surface area contributed by atoms with Crippen molar-refractivity contribution in [2.45, 2.75) is 32.6 Å². The lowest BCUT2D eigenvalue weighted by atomic mass is 9.67. The van der Waals surface area contributed by atoms with Crippen molar-refractivity contribution in [1.82, 2.24) is 5.32 Å². The third-order valence-electron chi connectivity index (χ3n) is 3.82. The fourth-order valence-electron chi connectivity index (χ4n) is 2.29. The summed E-state index contributed by atoms with van der Waals surface area (Å²) in [4.78, 5) is 11.8. The van der Waals surface area contributed by atoms with E-state index < -0.39 is 0 Å². The van der Waals surface area contributed by atoms with Crippen molar-refractivity contribution in [2.75, 3.05) is 6.54 Å². The van der Waals surface area contributed by atoms with Gasteiger partial charge in [-0.25, -0.2) is 0 Å². The first-order valence-electron chi connectivity index (χ1n) is 6.09. The van der Waals surface area contributed by atoms with Crippen LogP contribution in [0.5, 0.6) is 0 Å². The van der Waals surface area contributed by atoms with Crippen LogP contribution in [-0.4, -0.2) is 12.5 Å². The molecule has 16 heavy (non-hydrogen) atoms. The normalized spacial score (nSPS) is 17.6. The van der Waals surface area contributed by atoms with Crippen molar-refractivity contribution in [1.29, 1.82) is 0 Å². The lowest BCUT2D eigenvalue weighted by Crippen LogP contribution is -2.41. The van der Waals surface area contributed by atoms with Gasteiger partial charge >= 0.3 is 0 Å². The van der Waals surface area contributed by atoms with E-state index in [0.717, 1.165) is 12.1 Å². The molecule has 1 N–H and O–H groups in total. The molecule has 2 rings (SSSR count). The average molecular weight is 217 g/mol. The van der Waals surface area contributed by atoms with Gasteiger partial charge in [0.05, 0.1) is 0 Å². The molecule has 1 aliphatic rings. The highest BCUT2D eigenvalue weighted by Crippen LogP contribution is 2.43. The van der Waals surface area contributed by atoms with E-state index in [1.165, 1.54) is 25.7 Å². The summed E-state index contributed by atoms with van der Waals surface area (Å²) in [7, 11) is 0. The molecule has 0 heterocycles. The van der Waals surface area contributed by atoms with Gasteiger partial charge in [-0.05, 0) is 36.8 Å². The monoisotopic (exact) mass is 217 g/mol. The molecule has 86 valence electrons. The number of benzene rings is 1. The van der Waals surface area contributed by atoms with Gasteiger partial charge in [0.25, 0.3) is 5.91 Å². The number of hydrogen-bond acceptors (Lipinski definition) is 1. The van der Waals surface area contributed by atoms with Gasteiger partial charge in [0.15, 0.2) is 0 Å². The van der Waals surface area contributed by atoms with E-state index in [9.17, 15) is 4.79 Å². The van der Waals surface area contributed by atoms with Crippen LogP contribution < -0.4 is 5.32 Å². The molecule has 0 bridgehead atoms. The number of carbonyl (C=O) groups excluding carboxylic acids is 1. The molecule has 0 aromatic heterocycles. The number of hydrogen-bond donors (Lipinski definition) is 1. The van der Waals surface area contributed by atoms with Crippen LogP contribution in [-0.2, 0) is 0 Å². The summed E-state index contributed by atoms with van der Waals surface area (Å²) >= 11 is 0. The van der Waals surface area contributed by atoms with Crippen molar-refractivity contribution >= 4 is 5.91 Å². The Morgan fingerprint density at radius 3 is 2.50 bits per heavy atom. The minimum absolute atomic E-state index is 0.0559. The van der Waals surface area contributed by atoms with Crippen LogP contribution in [0, 0.1) is 5.41 Å². The number of nitrogens with one attached hydrogen (secondary N) is 1. The molecule has 1 amide bonds. The average Bonchev–Trinajstić information content (AvgIpc) is 2.29. The maximum absolute atomic E-state index is 11.8. The Labute approximate surface area is 97.1 Å². The van der Waals surface area contributed by atoms with Crippen LogP contribution in [0.1, 0.15) is 43.0 Å². The fraction of sp³-hybridized carbons (Fsp3) is 0.500. The highest BCUT2D eigenvalue weighted by molar-refractivity contribution is 5.94. The van der Waals surface area contributed by atoms with Gasteiger partial charge in [-0.1, -0.05) is 31.5 Å². The van der Waals surface area contributed by atoms with Gasteiger partial charge in [0.1, 0.15) is 0 Å². The van der Waals surface area contributed by atoms with E-state index in [4.69, 9.17) is 0 Å². The zero-order chi connectivity index (χ0) is 11.4. The Morgan fingerprint density at radius 2 is 2.00 bits per heavy atom. The van der Waals surface area contributed by atoms with Crippen molar-refractivity contribution in [3.8, 4) is 0 Å². The summed E-state index contributed by atoms with van der Waals surface area (Å²) in [6, 6.07) is 9.43. The van der Waals surface area contributed by atoms with Gasteiger partial charge in [0, 0.05) is 12.1 Å². The predicted molar refractivity (Wildman–Crippen MR) is 65.4 cm³/mol. The Bertz CT molecular complexity index is 349. The van der Waals surface area contributed by atoms with Crippen molar-refractivity contribution in [2.24, 2.45) is 5.41 Å². The third kappa shape index (κ3) is 2.26. The number of amides is 1. The molecular weight excluding hydrogens is 198 g/mol. The van der Waals surface area contributed by atoms with Crippen LogP contribution in [0.2, 0.25) is 0 Å². The molecule has 0 radical (unpaired) electrons.